The molecule has 0 bridgehead atoms. The van der Waals surface area contributed by atoms with Gasteiger partial charge >= 0.3 is 6.09 Å². The van der Waals surface area contributed by atoms with Gasteiger partial charge in [-0.25, -0.2) is 4.79 Å². The Morgan fingerprint density at radius 3 is 2.30 bits per heavy atom. The van der Waals surface area contributed by atoms with Crippen LogP contribution < -0.4 is 15.4 Å². The third-order valence-electron chi connectivity index (χ3n) is 3.76. The lowest BCUT2D eigenvalue weighted by Crippen LogP contribution is -2.40. The molecule has 0 aliphatic rings. The molecule has 2 aromatic rings. The number of hydrogen-bond donors (Lipinski definition) is 2. The van der Waals surface area contributed by atoms with E-state index in [0.717, 1.165) is 5.56 Å². The number of benzene rings is 2. The number of hydrogen-bond acceptors (Lipinski definition) is 4. The van der Waals surface area contributed by atoms with Crippen LogP contribution in [-0.2, 0) is 9.53 Å². The molecule has 2 rings (SSSR count). The van der Waals surface area contributed by atoms with E-state index in [0.29, 0.717) is 17.0 Å². The summed E-state index contributed by atoms with van der Waals surface area (Å²) in [7, 11) is 1.56. The summed E-state index contributed by atoms with van der Waals surface area (Å²) in [6.45, 7) is 7.19. The number of alkyl carbamates (subject to hydrolysis) is 1. The van der Waals surface area contributed by atoms with Crippen molar-refractivity contribution in [1.82, 2.24) is 5.32 Å². The van der Waals surface area contributed by atoms with E-state index in [2.05, 4.69) is 10.6 Å². The molecule has 0 saturated heterocycles. The Morgan fingerprint density at radius 2 is 1.70 bits per heavy atom. The first-order chi connectivity index (χ1) is 12.7. The van der Waals surface area contributed by atoms with E-state index in [1.54, 1.807) is 46.1 Å². The van der Waals surface area contributed by atoms with Crippen LogP contribution in [0.4, 0.5) is 10.5 Å². The minimum absolute atomic E-state index is 0.372. The van der Waals surface area contributed by atoms with Crippen LogP contribution in [0.2, 0.25) is 0 Å². The van der Waals surface area contributed by atoms with Crippen LogP contribution in [-0.4, -0.2) is 24.7 Å². The Balaban J connectivity index is 2.25. The second-order valence-corrected chi connectivity index (χ2v) is 7.16. The summed E-state index contributed by atoms with van der Waals surface area (Å²) in [4.78, 5) is 25.2. The van der Waals surface area contributed by atoms with Crippen LogP contribution in [0, 0.1) is 6.92 Å². The minimum atomic E-state index is -0.897. The summed E-state index contributed by atoms with van der Waals surface area (Å²) < 4.78 is 10.5. The zero-order chi connectivity index (χ0) is 20.0. The number of carbonyl (C=O) groups is 2. The van der Waals surface area contributed by atoms with Gasteiger partial charge < -0.3 is 20.1 Å². The van der Waals surface area contributed by atoms with E-state index in [4.69, 9.17) is 9.47 Å². The lowest BCUT2D eigenvalue weighted by atomic mass is 10.1. The van der Waals surface area contributed by atoms with Crippen molar-refractivity contribution in [3.63, 3.8) is 0 Å². The molecular formula is C21H26N2O4. The van der Waals surface area contributed by atoms with E-state index in [9.17, 15) is 9.59 Å². The smallest absolute Gasteiger partial charge is 0.408 e. The third kappa shape index (κ3) is 6.02. The number of methoxy groups -OCH3 is 1. The van der Waals surface area contributed by atoms with Crippen LogP contribution in [0.25, 0.3) is 0 Å². The average molecular weight is 370 g/mol. The predicted molar refractivity (Wildman–Crippen MR) is 105 cm³/mol. The molecule has 0 heterocycles. The van der Waals surface area contributed by atoms with Crippen molar-refractivity contribution >= 4 is 17.7 Å². The predicted octanol–water partition coefficient (Wildman–Crippen LogP) is 4.21. The Labute approximate surface area is 159 Å². The van der Waals surface area contributed by atoms with E-state index >= 15 is 0 Å². The number of rotatable bonds is 5. The molecule has 144 valence electrons. The van der Waals surface area contributed by atoms with E-state index in [1.807, 2.05) is 37.3 Å². The Kier molecular flexibility index (Phi) is 6.45. The maximum absolute atomic E-state index is 12.9. The van der Waals surface area contributed by atoms with Gasteiger partial charge in [-0.1, -0.05) is 36.4 Å². The highest BCUT2D eigenvalue weighted by atomic mass is 16.6. The summed E-state index contributed by atoms with van der Waals surface area (Å²) >= 11 is 0. The summed E-state index contributed by atoms with van der Waals surface area (Å²) in [6, 6.07) is 13.5. The van der Waals surface area contributed by atoms with Gasteiger partial charge in [0.25, 0.3) is 5.91 Å². The maximum atomic E-state index is 12.9. The number of anilines is 1. The fourth-order valence-corrected chi connectivity index (χ4v) is 2.44. The summed E-state index contributed by atoms with van der Waals surface area (Å²) in [6.07, 6.45) is -0.658. The van der Waals surface area contributed by atoms with Crippen LogP contribution in [0.3, 0.4) is 0 Å². The molecule has 2 N–H and O–H groups in total. The maximum Gasteiger partial charge on any atom is 0.408 e. The Hall–Kier alpha value is -3.02. The Morgan fingerprint density at radius 1 is 1.04 bits per heavy atom. The second-order valence-electron chi connectivity index (χ2n) is 7.16. The van der Waals surface area contributed by atoms with Gasteiger partial charge in [-0.3, -0.25) is 4.79 Å². The van der Waals surface area contributed by atoms with Gasteiger partial charge in [0.1, 0.15) is 17.4 Å². The topological polar surface area (TPSA) is 76.7 Å². The van der Waals surface area contributed by atoms with Gasteiger partial charge in [0.05, 0.1) is 7.11 Å². The number of aryl methyl sites for hydroxylation is 1. The lowest BCUT2D eigenvalue weighted by molar-refractivity contribution is -0.118. The first-order valence-corrected chi connectivity index (χ1v) is 8.69. The molecule has 6 nitrogen and oxygen atoms in total. The monoisotopic (exact) mass is 370 g/mol. The Bertz CT molecular complexity index is 798. The standard InChI is InChI=1S/C21H26N2O4/c1-14-11-12-16(26-5)13-17(14)22-19(24)18(15-9-7-6-8-10-15)23-20(25)27-21(2,3)4/h6-13,18H,1-5H3,(H,22,24)(H,23,25). The zero-order valence-electron chi connectivity index (χ0n) is 16.3. The molecule has 6 heteroatoms. The van der Waals surface area contributed by atoms with Crippen molar-refractivity contribution < 1.29 is 19.1 Å². The van der Waals surface area contributed by atoms with Crippen molar-refractivity contribution in [2.24, 2.45) is 0 Å². The van der Waals surface area contributed by atoms with Crippen molar-refractivity contribution in [2.75, 3.05) is 12.4 Å². The normalized spacial score (nSPS) is 12.0. The van der Waals surface area contributed by atoms with Gasteiger partial charge in [-0.15, -0.1) is 0 Å². The van der Waals surface area contributed by atoms with E-state index in [-0.39, 0.29) is 5.91 Å². The number of amides is 2. The van der Waals surface area contributed by atoms with Crippen molar-refractivity contribution in [1.29, 1.82) is 0 Å². The fraction of sp³-hybridized carbons (Fsp3) is 0.333. The quantitative estimate of drug-likeness (QED) is 0.827. The second kappa shape index (κ2) is 8.58. The molecule has 2 aromatic carbocycles. The molecule has 2 amide bonds. The van der Waals surface area contributed by atoms with Crippen LogP contribution >= 0.6 is 0 Å². The highest BCUT2D eigenvalue weighted by molar-refractivity contribution is 5.98. The summed E-state index contributed by atoms with van der Waals surface area (Å²) in [5.41, 5.74) is 1.49. The molecule has 0 aliphatic heterocycles. The first kappa shape index (κ1) is 20.3. The average Bonchev–Trinajstić information content (AvgIpc) is 2.60. The molecule has 0 saturated carbocycles. The highest BCUT2D eigenvalue weighted by Gasteiger charge is 2.26. The van der Waals surface area contributed by atoms with Crippen LogP contribution in [0.1, 0.15) is 37.9 Å². The van der Waals surface area contributed by atoms with Crippen molar-refractivity contribution in [3.8, 4) is 5.75 Å². The van der Waals surface area contributed by atoms with Crippen LogP contribution in [0.15, 0.2) is 48.5 Å². The molecule has 0 fully saturated rings. The number of ether oxygens (including phenoxy) is 2. The molecule has 1 unspecified atom stereocenters. The lowest BCUT2D eigenvalue weighted by Gasteiger charge is -2.24. The van der Waals surface area contributed by atoms with Gasteiger partial charge in [-0.2, -0.15) is 0 Å². The van der Waals surface area contributed by atoms with Gasteiger partial charge in [0.2, 0.25) is 0 Å². The SMILES string of the molecule is COc1ccc(C)c(NC(=O)C(NC(=O)OC(C)(C)C)c2ccccc2)c1. The molecular weight excluding hydrogens is 344 g/mol. The molecule has 0 aromatic heterocycles. The number of carbonyl (C=O) groups excluding carboxylic acids is 2. The summed E-state index contributed by atoms with van der Waals surface area (Å²) in [5, 5.41) is 5.52. The van der Waals surface area contributed by atoms with E-state index < -0.39 is 17.7 Å². The van der Waals surface area contributed by atoms with Gasteiger partial charge in [0, 0.05) is 11.8 Å². The molecule has 0 spiro atoms. The van der Waals surface area contributed by atoms with Crippen LogP contribution in [0.5, 0.6) is 5.75 Å². The highest BCUT2D eigenvalue weighted by Crippen LogP contribution is 2.24. The molecule has 0 radical (unpaired) electrons. The first-order valence-electron chi connectivity index (χ1n) is 8.69. The largest absolute Gasteiger partial charge is 0.497 e. The van der Waals surface area contributed by atoms with Gasteiger partial charge in [-0.05, 0) is 44.9 Å². The van der Waals surface area contributed by atoms with Crippen molar-refractivity contribution in [3.05, 3.63) is 59.7 Å². The fourth-order valence-electron chi connectivity index (χ4n) is 2.44. The van der Waals surface area contributed by atoms with Gasteiger partial charge in [0.15, 0.2) is 0 Å². The zero-order valence-corrected chi connectivity index (χ0v) is 16.3. The summed E-state index contributed by atoms with van der Waals surface area (Å²) in [5.74, 6) is 0.260. The third-order valence-corrected chi connectivity index (χ3v) is 3.76. The molecule has 1 atom stereocenters. The van der Waals surface area contributed by atoms with E-state index in [1.165, 1.54) is 0 Å². The molecule has 27 heavy (non-hydrogen) atoms. The number of nitrogens with one attached hydrogen (secondary N) is 2. The van der Waals surface area contributed by atoms with Crippen molar-refractivity contribution in [2.45, 2.75) is 39.3 Å². The molecule has 0 aliphatic carbocycles. The minimum Gasteiger partial charge on any atom is -0.497 e.